The van der Waals surface area contributed by atoms with Crippen LogP contribution in [0.4, 0.5) is 0 Å². The van der Waals surface area contributed by atoms with Crippen LogP contribution in [0.2, 0.25) is 0 Å². The van der Waals surface area contributed by atoms with Crippen molar-refractivity contribution in [2.45, 2.75) is 65.6 Å². The van der Waals surface area contributed by atoms with E-state index in [4.69, 9.17) is 0 Å². The number of hydrogen-bond acceptors (Lipinski definition) is 3. The zero-order valence-corrected chi connectivity index (χ0v) is 19.9. The molecule has 1 aromatic carbocycles. The summed E-state index contributed by atoms with van der Waals surface area (Å²) in [6.07, 6.45) is 1.25. The van der Waals surface area contributed by atoms with Gasteiger partial charge in [-0.3, -0.25) is 9.89 Å². The molecule has 0 heterocycles. The van der Waals surface area contributed by atoms with Gasteiger partial charge in [0.05, 0.1) is 6.10 Å². The highest BCUT2D eigenvalue weighted by Gasteiger charge is 2.12. The molecule has 0 bridgehead atoms. The van der Waals surface area contributed by atoms with E-state index in [0.717, 1.165) is 37.6 Å². The van der Waals surface area contributed by atoms with E-state index in [2.05, 4.69) is 55.1 Å². The van der Waals surface area contributed by atoms with Gasteiger partial charge in [0.15, 0.2) is 5.96 Å². The molecule has 0 aliphatic rings. The van der Waals surface area contributed by atoms with E-state index in [-0.39, 0.29) is 24.0 Å². The Bertz CT molecular complexity index is 500. The minimum absolute atomic E-state index is 0. The molecule has 27 heavy (non-hydrogen) atoms. The van der Waals surface area contributed by atoms with Crippen LogP contribution in [0.1, 0.15) is 59.1 Å². The molecule has 0 amide bonds. The topological polar surface area (TPSA) is 59.9 Å². The predicted molar refractivity (Wildman–Crippen MR) is 127 cm³/mol. The summed E-state index contributed by atoms with van der Waals surface area (Å²) in [7, 11) is 0. The monoisotopic (exact) mass is 490 g/mol. The maximum Gasteiger partial charge on any atom is 0.191 e. The number of nitrogens with one attached hydrogen (secondary N) is 2. The Morgan fingerprint density at radius 1 is 1.07 bits per heavy atom. The number of aliphatic hydroxyl groups excluding tert-OH is 1. The van der Waals surface area contributed by atoms with Crippen LogP contribution < -0.4 is 10.6 Å². The Labute approximate surface area is 183 Å². The molecule has 1 rings (SSSR count). The van der Waals surface area contributed by atoms with E-state index in [9.17, 15) is 5.11 Å². The van der Waals surface area contributed by atoms with Crippen molar-refractivity contribution >= 4 is 29.9 Å². The van der Waals surface area contributed by atoms with E-state index in [1.54, 1.807) is 0 Å². The van der Waals surface area contributed by atoms with Crippen molar-refractivity contribution in [3.63, 3.8) is 0 Å². The van der Waals surface area contributed by atoms with Gasteiger partial charge in [-0.25, -0.2) is 0 Å². The first kappa shape index (κ1) is 26.1. The number of halogens is 1. The fraction of sp³-hybridized carbons (Fsp3) is 0.667. The number of rotatable bonds is 11. The molecular formula is C21H39IN4O. The largest absolute Gasteiger partial charge is 0.388 e. The fourth-order valence-electron chi connectivity index (χ4n) is 3.07. The summed E-state index contributed by atoms with van der Waals surface area (Å²) in [5, 5.41) is 16.8. The van der Waals surface area contributed by atoms with Crippen molar-refractivity contribution in [2.24, 2.45) is 4.99 Å². The van der Waals surface area contributed by atoms with Crippen molar-refractivity contribution in [1.29, 1.82) is 0 Å². The first-order chi connectivity index (χ1) is 12.5. The SMILES string of the molecule is CCNC(=NCCCN(C(C)C)C(C)C)NCCC(O)c1ccccc1.I. The predicted octanol–water partition coefficient (Wildman–Crippen LogP) is 3.79. The van der Waals surface area contributed by atoms with E-state index < -0.39 is 6.10 Å². The average molecular weight is 490 g/mol. The van der Waals surface area contributed by atoms with E-state index in [0.29, 0.717) is 25.0 Å². The van der Waals surface area contributed by atoms with Gasteiger partial charge in [0.2, 0.25) is 0 Å². The minimum atomic E-state index is -0.447. The maximum atomic E-state index is 10.2. The smallest absolute Gasteiger partial charge is 0.191 e. The molecule has 0 aromatic heterocycles. The van der Waals surface area contributed by atoms with Crippen LogP contribution in [0.5, 0.6) is 0 Å². The normalized spacial score (nSPS) is 13.0. The third-order valence-corrected chi connectivity index (χ3v) is 4.41. The lowest BCUT2D eigenvalue weighted by molar-refractivity contribution is 0.168. The highest BCUT2D eigenvalue weighted by atomic mass is 127. The third kappa shape index (κ3) is 10.9. The summed E-state index contributed by atoms with van der Waals surface area (Å²) >= 11 is 0. The Kier molecular flexibility index (Phi) is 14.6. The molecule has 0 aliphatic carbocycles. The summed E-state index contributed by atoms with van der Waals surface area (Å²) in [6.45, 7) is 14.4. The zero-order valence-electron chi connectivity index (χ0n) is 17.6. The van der Waals surface area contributed by atoms with Crippen molar-refractivity contribution < 1.29 is 5.11 Å². The molecule has 1 unspecified atom stereocenters. The van der Waals surface area contributed by atoms with Gasteiger partial charge in [0.25, 0.3) is 0 Å². The number of aliphatic hydroxyl groups is 1. The van der Waals surface area contributed by atoms with Gasteiger partial charge in [0.1, 0.15) is 0 Å². The molecule has 0 fully saturated rings. The van der Waals surface area contributed by atoms with Crippen LogP contribution in [-0.4, -0.2) is 54.2 Å². The second kappa shape index (κ2) is 15.1. The van der Waals surface area contributed by atoms with Crippen LogP contribution in [0, 0.1) is 0 Å². The summed E-state index contributed by atoms with van der Waals surface area (Å²) in [5.74, 6) is 0.827. The Balaban J connectivity index is 0.00000676. The number of aliphatic imine (C=N–C) groups is 1. The maximum absolute atomic E-state index is 10.2. The number of benzene rings is 1. The first-order valence-corrected chi connectivity index (χ1v) is 9.96. The van der Waals surface area contributed by atoms with Gasteiger partial charge >= 0.3 is 0 Å². The Hall–Kier alpha value is -0.860. The van der Waals surface area contributed by atoms with Crippen molar-refractivity contribution in [1.82, 2.24) is 15.5 Å². The van der Waals surface area contributed by atoms with Crippen molar-refractivity contribution in [3.05, 3.63) is 35.9 Å². The van der Waals surface area contributed by atoms with Crippen LogP contribution in [0.15, 0.2) is 35.3 Å². The van der Waals surface area contributed by atoms with Crippen LogP contribution >= 0.6 is 24.0 Å². The Morgan fingerprint density at radius 3 is 2.26 bits per heavy atom. The summed E-state index contributed by atoms with van der Waals surface area (Å²) in [5.41, 5.74) is 0.957. The van der Waals surface area contributed by atoms with Crippen LogP contribution in [0.3, 0.4) is 0 Å². The van der Waals surface area contributed by atoms with Crippen LogP contribution in [-0.2, 0) is 0 Å². The molecule has 156 valence electrons. The molecule has 3 N–H and O–H groups in total. The van der Waals surface area contributed by atoms with Gasteiger partial charge in [-0.2, -0.15) is 0 Å². The molecule has 0 aliphatic heterocycles. The first-order valence-electron chi connectivity index (χ1n) is 9.96. The highest BCUT2D eigenvalue weighted by molar-refractivity contribution is 14.0. The lowest BCUT2D eigenvalue weighted by atomic mass is 10.1. The molecule has 0 spiro atoms. The van der Waals surface area contributed by atoms with E-state index >= 15 is 0 Å². The van der Waals surface area contributed by atoms with Gasteiger partial charge < -0.3 is 15.7 Å². The fourth-order valence-corrected chi connectivity index (χ4v) is 3.07. The number of nitrogens with zero attached hydrogens (tertiary/aromatic N) is 2. The van der Waals surface area contributed by atoms with E-state index in [1.807, 2.05) is 30.3 Å². The Morgan fingerprint density at radius 2 is 1.70 bits per heavy atom. The lowest BCUT2D eigenvalue weighted by Crippen LogP contribution is -2.39. The van der Waals surface area contributed by atoms with Crippen LogP contribution in [0.25, 0.3) is 0 Å². The molecule has 6 heteroatoms. The van der Waals surface area contributed by atoms with Gasteiger partial charge in [-0.05, 0) is 53.0 Å². The second-order valence-corrected chi connectivity index (χ2v) is 7.18. The minimum Gasteiger partial charge on any atom is -0.388 e. The third-order valence-electron chi connectivity index (χ3n) is 4.41. The molecule has 0 radical (unpaired) electrons. The molecule has 0 saturated heterocycles. The molecule has 5 nitrogen and oxygen atoms in total. The summed E-state index contributed by atoms with van der Waals surface area (Å²) < 4.78 is 0. The standard InChI is InChI=1S/C21H38N4O.HI/c1-6-22-21(23-14-10-16-25(17(2)3)18(4)5)24-15-13-20(26)19-11-8-7-9-12-19;/h7-9,11-12,17-18,20,26H,6,10,13-16H2,1-5H3,(H2,22,23,24);1H. The molecule has 0 saturated carbocycles. The molecule has 1 atom stereocenters. The average Bonchev–Trinajstić information content (AvgIpc) is 2.61. The van der Waals surface area contributed by atoms with Gasteiger partial charge in [0, 0.05) is 38.3 Å². The summed E-state index contributed by atoms with van der Waals surface area (Å²) in [4.78, 5) is 7.15. The summed E-state index contributed by atoms with van der Waals surface area (Å²) in [6, 6.07) is 10.9. The van der Waals surface area contributed by atoms with E-state index in [1.165, 1.54) is 0 Å². The quantitative estimate of drug-likeness (QED) is 0.191. The number of hydrogen-bond donors (Lipinski definition) is 3. The van der Waals surface area contributed by atoms with Gasteiger partial charge in [-0.15, -0.1) is 24.0 Å². The van der Waals surface area contributed by atoms with Crippen molar-refractivity contribution in [3.8, 4) is 0 Å². The lowest BCUT2D eigenvalue weighted by Gasteiger charge is -2.30. The highest BCUT2D eigenvalue weighted by Crippen LogP contribution is 2.14. The van der Waals surface area contributed by atoms with Gasteiger partial charge in [-0.1, -0.05) is 30.3 Å². The second-order valence-electron chi connectivity index (χ2n) is 7.18. The zero-order chi connectivity index (χ0) is 19.4. The molecule has 1 aromatic rings. The number of guanidine groups is 1. The molecular weight excluding hydrogens is 451 g/mol. The van der Waals surface area contributed by atoms with Crippen molar-refractivity contribution in [2.75, 3.05) is 26.2 Å².